The fourth-order valence-electron chi connectivity index (χ4n) is 2.94. The van der Waals surface area contributed by atoms with E-state index in [1.165, 1.54) is 7.11 Å². The first-order valence-corrected chi connectivity index (χ1v) is 9.41. The second-order valence-electron chi connectivity index (χ2n) is 7.67. The first kappa shape index (κ1) is 19.7. The number of hydrogen-bond donors (Lipinski definition) is 0. The number of hydrogen-bond acceptors (Lipinski definition) is 4. The fraction of sp³-hybridized carbons (Fsp3) is 0.500. The summed E-state index contributed by atoms with van der Waals surface area (Å²) < 4.78 is 18.6. The SMILES string of the molecule is COc1ccc(Cl)cc1C(=O)/N=c1\cc(C(C)(C)C)on1C[C@H]1CCCO1. The number of rotatable bonds is 4. The van der Waals surface area contributed by atoms with Crippen molar-refractivity contribution in [3.8, 4) is 5.75 Å². The van der Waals surface area contributed by atoms with E-state index in [-0.39, 0.29) is 11.5 Å². The molecule has 0 spiro atoms. The predicted octanol–water partition coefficient (Wildman–Crippen LogP) is 3.96. The second-order valence-corrected chi connectivity index (χ2v) is 8.10. The zero-order chi connectivity index (χ0) is 19.6. The summed E-state index contributed by atoms with van der Waals surface area (Å²) in [5, 5.41) is 0.448. The highest BCUT2D eigenvalue weighted by atomic mass is 35.5. The van der Waals surface area contributed by atoms with Crippen molar-refractivity contribution >= 4 is 17.5 Å². The lowest BCUT2D eigenvalue weighted by molar-refractivity contribution is 0.0663. The van der Waals surface area contributed by atoms with Gasteiger partial charge in [0.05, 0.1) is 25.3 Å². The number of aromatic nitrogens is 1. The van der Waals surface area contributed by atoms with Crippen LogP contribution in [0.5, 0.6) is 5.75 Å². The molecule has 6 nitrogen and oxygen atoms in total. The molecule has 1 aliphatic rings. The van der Waals surface area contributed by atoms with Crippen molar-refractivity contribution in [2.75, 3.05) is 13.7 Å². The summed E-state index contributed by atoms with van der Waals surface area (Å²) in [6, 6.07) is 6.69. The largest absolute Gasteiger partial charge is 0.496 e. The van der Waals surface area contributed by atoms with Crippen LogP contribution in [0.2, 0.25) is 5.02 Å². The average Bonchev–Trinajstić information content (AvgIpc) is 3.25. The summed E-state index contributed by atoms with van der Waals surface area (Å²) in [6.07, 6.45) is 2.07. The molecule has 1 atom stereocenters. The highest BCUT2D eigenvalue weighted by Crippen LogP contribution is 2.24. The molecule has 0 bridgehead atoms. The van der Waals surface area contributed by atoms with Gasteiger partial charge in [-0.3, -0.25) is 4.79 Å². The summed E-state index contributed by atoms with van der Waals surface area (Å²) in [5.74, 6) is 0.750. The molecule has 1 fully saturated rings. The Labute approximate surface area is 163 Å². The van der Waals surface area contributed by atoms with Crippen LogP contribution in [0.1, 0.15) is 49.7 Å². The standard InChI is InChI=1S/C20H25ClN2O4/c1-20(2,3)17-11-18(23(27-17)12-14-6-5-9-26-14)22-19(24)15-10-13(21)7-8-16(15)25-4/h7-8,10-11,14H,5-6,9,12H2,1-4H3/b22-18+/t14-/m1/s1. The molecule has 0 aliphatic carbocycles. The molecule has 3 rings (SSSR count). The van der Waals surface area contributed by atoms with Crippen LogP contribution >= 0.6 is 11.6 Å². The Morgan fingerprint density at radius 3 is 2.78 bits per heavy atom. The number of carbonyl (C=O) groups is 1. The lowest BCUT2D eigenvalue weighted by Gasteiger charge is -2.14. The number of halogens is 1. The van der Waals surface area contributed by atoms with Crippen molar-refractivity contribution in [2.45, 2.75) is 51.7 Å². The summed E-state index contributed by atoms with van der Waals surface area (Å²) in [4.78, 5) is 17.1. The molecule has 0 unspecified atom stereocenters. The van der Waals surface area contributed by atoms with Gasteiger partial charge in [0, 0.05) is 23.1 Å². The van der Waals surface area contributed by atoms with Gasteiger partial charge in [0.25, 0.3) is 5.91 Å². The van der Waals surface area contributed by atoms with E-state index in [0.717, 1.165) is 25.2 Å². The van der Waals surface area contributed by atoms with Crippen molar-refractivity contribution in [1.29, 1.82) is 0 Å². The maximum atomic E-state index is 12.8. The minimum Gasteiger partial charge on any atom is -0.496 e. The van der Waals surface area contributed by atoms with Crippen molar-refractivity contribution in [3.05, 3.63) is 46.1 Å². The van der Waals surface area contributed by atoms with Gasteiger partial charge in [-0.1, -0.05) is 32.4 Å². The van der Waals surface area contributed by atoms with Crippen molar-refractivity contribution in [3.63, 3.8) is 0 Å². The Hall–Kier alpha value is -2.05. The number of nitrogens with zero attached hydrogens (tertiary/aromatic N) is 2. The normalized spacial score (nSPS) is 18.1. The van der Waals surface area contributed by atoms with Gasteiger partial charge in [0.15, 0.2) is 5.49 Å². The highest BCUT2D eigenvalue weighted by molar-refractivity contribution is 6.31. The number of ether oxygens (including phenoxy) is 2. The smallest absolute Gasteiger partial charge is 0.282 e. The van der Waals surface area contributed by atoms with Gasteiger partial charge in [-0.25, -0.2) is 0 Å². The lowest BCUT2D eigenvalue weighted by atomic mass is 9.94. The minimum absolute atomic E-state index is 0.0683. The molecule has 1 aromatic heterocycles. The van der Waals surface area contributed by atoms with Crippen LogP contribution in [0, 0.1) is 0 Å². The molecule has 1 aliphatic heterocycles. The van der Waals surface area contributed by atoms with Crippen molar-refractivity contribution < 1.29 is 18.8 Å². The summed E-state index contributed by atoms with van der Waals surface area (Å²) in [7, 11) is 1.51. The Morgan fingerprint density at radius 1 is 1.37 bits per heavy atom. The number of carbonyl (C=O) groups excluding carboxylic acids is 1. The van der Waals surface area contributed by atoms with E-state index in [1.807, 2.05) is 26.8 Å². The topological polar surface area (TPSA) is 66.0 Å². The quantitative estimate of drug-likeness (QED) is 0.789. The molecular weight excluding hydrogens is 368 g/mol. The molecule has 0 saturated carbocycles. The molecule has 146 valence electrons. The van der Waals surface area contributed by atoms with Crippen LogP contribution in [-0.4, -0.2) is 30.5 Å². The van der Waals surface area contributed by atoms with E-state index in [4.69, 9.17) is 25.6 Å². The molecule has 7 heteroatoms. The monoisotopic (exact) mass is 392 g/mol. The predicted molar refractivity (Wildman–Crippen MR) is 102 cm³/mol. The molecule has 1 aromatic carbocycles. The van der Waals surface area contributed by atoms with Crippen LogP contribution in [0.15, 0.2) is 33.8 Å². The van der Waals surface area contributed by atoms with Gasteiger partial charge in [0.1, 0.15) is 11.5 Å². The Bertz CT molecular complexity index is 886. The van der Waals surface area contributed by atoms with E-state index >= 15 is 0 Å². The minimum atomic E-state index is -0.434. The summed E-state index contributed by atoms with van der Waals surface area (Å²) >= 11 is 6.04. The molecule has 1 amide bonds. The van der Waals surface area contributed by atoms with Gasteiger partial charge in [0.2, 0.25) is 0 Å². The van der Waals surface area contributed by atoms with Crippen LogP contribution < -0.4 is 10.2 Å². The van der Waals surface area contributed by atoms with Crippen LogP contribution in [0.4, 0.5) is 0 Å². The fourth-order valence-corrected chi connectivity index (χ4v) is 3.11. The van der Waals surface area contributed by atoms with Crippen molar-refractivity contribution in [1.82, 2.24) is 4.74 Å². The molecule has 2 heterocycles. The average molecular weight is 393 g/mol. The van der Waals surface area contributed by atoms with Crippen molar-refractivity contribution in [2.24, 2.45) is 4.99 Å². The number of benzene rings is 1. The third-order valence-corrected chi connectivity index (χ3v) is 4.70. The lowest BCUT2D eigenvalue weighted by Crippen LogP contribution is -2.24. The zero-order valence-electron chi connectivity index (χ0n) is 16.1. The van der Waals surface area contributed by atoms with E-state index in [2.05, 4.69) is 4.99 Å². The number of amides is 1. The first-order valence-electron chi connectivity index (χ1n) is 9.04. The second kappa shape index (κ2) is 7.90. The number of methoxy groups -OCH3 is 1. The summed E-state index contributed by atoms with van der Waals surface area (Å²) in [6.45, 7) is 7.42. The molecule has 0 N–H and O–H groups in total. The maximum absolute atomic E-state index is 12.8. The van der Waals surface area contributed by atoms with E-state index in [9.17, 15) is 4.79 Å². The van der Waals surface area contributed by atoms with Gasteiger partial charge >= 0.3 is 0 Å². The van der Waals surface area contributed by atoms with Crippen LogP contribution in [-0.2, 0) is 16.7 Å². The molecule has 1 saturated heterocycles. The zero-order valence-corrected chi connectivity index (χ0v) is 16.9. The maximum Gasteiger partial charge on any atom is 0.282 e. The van der Waals surface area contributed by atoms with Gasteiger partial charge in [-0.05, 0) is 31.0 Å². The van der Waals surface area contributed by atoms with Crippen LogP contribution in [0.25, 0.3) is 0 Å². The Balaban J connectivity index is 2.02. The molecule has 27 heavy (non-hydrogen) atoms. The summed E-state index contributed by atoms with van der Waals surface area (Å²) in [5.41, 5.74) is 0.567. The molecule has 0 radical (unpaired) electrons. The Kier molecular flexibility index (Phi) is 5.77. The van der Waals surface area contributed by atoms with E-state index < -0.39 is 5.91 Å². The first-order chi connectivity index (χ1) is 12.8. The Morgan fingerprint density at radius 2 is 2.15 bits per heavy atom. The third kappa shape index (κ3) is 4.62. The van der Waals surface area contributed by atoms with Crippen LogP contribution in [0.3, 0.4) is 0 Å². The van der Waals surface area contributed by atoms with Gasteiger partial charge in [-0.15, -0.1) is 0 Å². The molecule has 2 aromatic rings. The molecular formula is C20H25ClN2O4. The van der Waals surface area contributed by atoms with E-state index in [0.29, 0.717) is 28.4 Å². The van der Waals surface area contributed by atoms with Gasteiger partial charge in [-0.2, -0.15) is 9.73 Å². The highest BCUT2D eigenvalue weighted by Gasteiger charge is 2.23. The third-order valence-electron chi connectivity index (χ3n) is 4.46. The van der Waals surface area contributed by atoms with Gasteiger partial charge < -0.3 is 14.0 Å². The van der Waals surface area contributed by atoms with E-state index in [1.54, 1.807) is 22.9 Å².